The second-order valence-corrected chi connectivity index (χ2v) is 5.09. The summed E-state index contributed by atoms with van der Waals surface area (Å²) in [5.41, 5.74) is 9.66. The van der Waals surface area contributed by atoms with Crippen LogP contribution in [0.25, 0.3) is 0 Å². The number of pyridine rings is 1. The van der Waals surface area contributed by atoms with Crippen LogP contribution in [0.1, 0.15) is 47.3 Å². The zero-order valence-electron chi connectivity index (χ0n) is 12.1. The summed E-state index contributed by atoms with van der Waals surface area (Å²) >= 11 is 0. The second-order valence-electron chi connectivity index (χ2n) is 5.09. The molecule has 0 saturated carbocycles. The van der Waals surface area contributed by atoms with Gasteiger partial charge in [0.15, 0.2) is 5.69 Å². The standard InChI is InChI=1S/C14H19N5O/c1-7(2)12-11(15)13(19-18-12)14(20)17-10-6-5-8(3)16-9(10)4/h5-7H,15H2,1-4H3,(H,17,20)(H,18,19). The maximum Gasteiger partial charge on any atom is 0.278 e. The highest BCUT2D eigenvalue weighted by Gasteiger charge is 2.19. The zero-order chi connectivity index (χ0) is 14.9. The Labute approximate surface area is 117 Å². The number of nitrogens with one attached hydrogen (secondary N) is 2. The number of aryl methyl sites for hydroxylation is 2. The molecule has 1 amide bonds. The highest BCUT2D eigenvalue weighted by Crippen LogP contribution is 2.23. The first-order valence-electron chi connectivity index (χ1n) is 6.49. The van der Waals surface area contributed by atoms with E-state index in [0.717, 1.165) is 17.1 Å². The summed E-state index contributed by atoms with van der Waals surface area (Å²) < 4.78 is 0. The number of amides is 1. The molecule has 0 aliphatic rings. The van der Waals surface area contributed by atoms with Crippen molar-refractivity contribution in [3.63, 3.8) is 0 Å². The van der Waals surface area contributed by atoms with Crippen molar-refractivity contribution in [2.45, 2.75) is 33.6 Å². The number of nitrogen functional groups attached to an aromatic ring is 1. The Bertz CT molecular complexity index is 645. The van der Waals surface area contributed by atoms with E-state index in [4.69, 9.17) is 5.73 Å². The fraction of sp³-hybridized carbons (Fsp3) is 0.357. The van der Waals surface area contributed by atoms with Gasteiger partial charge in [-0.25, -0.2) is 0 Å². The average molecular weight is 273 g/mol. The van der Waals surface area contributed by atoms with E-state index in [9.17, 15) is 4.79 Å². The van der Waals surface area contributed by atoms with E-state index < -0.39 is 0 Å². The van der Waals surface area contributed by atoms with Crippen molar-refractivity contribution in [2.75, 3.05) is 11.1 Å². The molecule has 6 heteroatoms. The Kier molecular flexibility index (Phi) is 3.74. The monoisotopic (exact) mass is 273 g/mol. The van der Waals surface area contributed by atoms with Gasteiger partial charge in [0.25, 0.3) is 5.91 Å². The SMILES string of the molecule is Cc1ccc(NC(=O)c2n[nH]c(C(C)C)c2N)c(C)n1. The quantitative estimate of drug-likeness (QED) is 0.799. The summed E-state index contributed by atoms with van der Waals surface area (Å²) in [6.07, 6.45) is 0. The molecule has 106 valence electrons. The Morgan fingerprint density at radius 2 is 2.05 bits per heavy atom. The summed E-state index contributed by atoms with van der Waals surface area (Å²) in [5, 5.41) is 9.59. The topological polar surface area (TPSA) is 96.7 Å². The molecule has 0 aliphatic carbocycles. The first kappa shape index (κ1) is 14.0. The number of hydrogen-bond donors (Lipinski definition) is 3. The van der Waals surface area contributed by atoms with Crippen LogP contribution in [-0.4, -0.2) is 21.1 Å². The Balaban J connectivity index is 2.24. The van der Waals surface area contributed by atoms with E-state index in [1.54, 1.807) is 0 Å². The molecule has 20 heavy (non-hydrogen) atoms. The Morgan fingerprint density at radius 3 is 2.60 bits per heavy atom. The molecular weight excluding hydrogens is 254 g/mol. The van der Waals surface area contributed by atoms with E-state index >= 15 is 0 Å². The summed E-state index contributed by atoms with van der Waals surface area (Å²) in [7, 11) is 0. The van der Waals surface area contributed by atoms with Crippen molar-refractivity contribution < 1.29 is 4.79 Å². The van der Waals surface area contributed by atoms with Crippen molar-refractivity contribution in [3.8, 4) is 0 Å². The number of nitrogens with two attached hydrogens (primary N) is 1. The Hall–Kier alpha value is -2.37. The molecule has 2 aromatic heterocycles. The third-order valence-corrected chi connectivity index (χ3v) is 3.10. The highest BCUT2D eigenvalue weighted by atomic mass is 16.2. The Morgan fingerprint density at radius 1 is 1.35 bits per heavy atom. The van der Waals surface area contributed by atoms with E-state index in [1.165, 1.54) is 0 Å². The van der Waals surface area contributed by atoms with Crippen molar-refractivity contribution in [1.82, 2.24) is 15.2 Å². The molecule has 0 saturated heterocycles. The van der Waals surface area contributed by atoms with Gasteiger partial charge in [0.1, 0.15) is 0 Å². The molecule has 0 spiro atoms. The van der Waals surface area contributed by atoms with Gasteiger partial charge >= 0.3 is 0 Å². The molecule has 2 aromatic rings. The summed E-state index contributed by atoms with van der Waals surface area (Å²) in [6, 6.07) is 3.66. The molecule has 0 unspecified atom stereocenters. The summed E-state index contributed by atoms with van der Waals surface area (Å²) in [5.74, 6) is -0.147. The lowest BCUT2D eigenvalue weighted by atomic mass is 10.1. The van der Waals surface area contributed by atoms with Gasteiger partial charge in [0.05, 0.1) is 22.8 Å². The van der Waals surface area contributed by atoms with Gasteiger partial charge in [-0.3, -0.25) is 14.9 Å². The second kappa shape index (κ2) is 5.32. The number of anilines is 2. The van der Waals surface area contributed by atoms with Crippen LogP contribution in [0.4, 0.5) is 11.4 Å². The fourth-order valence-electron chi connectivity index (χ4n) is 1.98. The van der Waals surface area contributed by atoms with Gasteiger partial charge in [0, 0.05) is 5.69 Å². The molecule has 2 heterocycles. The normalized spacial score (nSPS) is 10.8. The maximum absolute atomic E-state index is 12.2. The van der Waals surface area contributed by atoms with Gasteiger partial charge in [-0.2, -0.15) is 5.10 Å². The van der Waals surface area contributed by atoms with E-state index in [-0.39, 0.29) is 17.5 Å². The average Bonchev–Trinajstić information content (AvgIpc) is 2.74. The van der Waals surface area contributed by atoms with E-state index in [1.807, 2.05) is 39.8 Å². The van der Waals surface area contributed by atoms with Gasteiger partial charge in [-0.15, -0.1) is 0 Å². The number of carbonyl (C=O) groups is 1. The molecule has 0 aliphatic heterocycles. The van der Waals surface area contributed by atoms with Crippen LogP contribution in [0.5, 0.6) is 0 Å². The molecule has 4 N–H and O–H groups in total. The van der Waals surface area contributed by atoms with Gasteiger partial charge in [0.2, 0.25) is 0 Å². The number of aromatic amines is 1. The lowest BCUT2D eigenvalue weighted by molar-refractivity contribution is 0.102. The maximum atomic E-state index is 12.2. The molecule has 0 atom stereocenters. The van der Waals surface area contributed by atoms with Crippen molar-refractivity contribution in [2.24, 2.45) is 0 Å². The summed E-state index contributed by atoms with van der Waals surface area (Å²) in [4.78, 5) is 16.5. The largest absolute Gasteiger partial charge is 0.395 e. The lowest BCUT2D eigenvalue weighted by Gasteiger charge is -2.07. The van der Waals surface area contributed by atoms with Crippen LogP contribution in [0.3, 0.4) is 0 Å². The molecule has 0 aromatic carbocycles. The first-order chi connectivity index (χ1) is 9.40. The molecule has 0 fully saturated rings. The summed E-state index contributed by atoms with van der Waals surface area (Å²) in [6.45, 7) is 7.72. The predicted molar refractivity (Wildman–Crippen MR) is 78.8 cm³/mol. The van der Waals surface area contributed by atoms with Crippen molar-refractivity contribution in [3.05, 3.63) is 34.9 Å². The minimum absolute atomic E-state index is 0.187. The van der Waals surface area contributed by atoms with Crippen molar-refractivity contribution in [1.29, 1.82) is 0 Å². The van der Waals surface area contributed by atoms with Crippen LogP contribution in [-0.2, 0) is 0 Å². The van der Waals surface area contributed by atoms with E-state index in [0.29, 0.717) is 11.4 Å². The van der Waals surface area contributed by atoms with Crippen LogP contribution in [0.15, 0.2) is 12.1 Å². The molecule has 0 bridgehead atoms. The van der Waals surface area contributed by atoms with Crippen LogP contribution >= 0.6 is 0 Å². The minimum atomic E-state index is -0.334. The number of H-pyrrole nitrogens is 1. The predicted octanol–water partition coefficient (Wildman–Crippen LogP) is 2.38. The third-order valence-electron chi connectivity index (χ3n) is 3.10. The zero-order valence-corrected chi connectivity index (χ0v) is 12.1. The molecular formula is C14H19N5O. The molecule has 2 rings (SSSR count). The van der Waals surface area contributed by atoms with Crippen LogP contribution in [0, 0.1) is 13.8 Å². The van der Waals surface area contributed by atoms with Crippen LogP contribution in [0.2, 0.25) is 0 Å². The van der Waals surface area contributed by atoms with Gasteiger partial charge in [-0.1, -0.05) is 13.8 Å². The van der Waals surface area contributed by atoms with Crippen LogP contribution < -0.4 is 11.1 Å². The van der Waals surface area contributed by atoms with Crippen molar-refractivity contribution >= 4 is 17.3 Å². The third kappa shape index (κ3) is 2.64. The number of aromatic nitrogens is 3. The molecule has 0 radical (unpaired) electrons. The van der Waals surface area contributed by atoms with Gasteiger partial charge in [-0.05, 0) is 31.9 Å². The van der Waals surface area contributed by atoms with E-state index in [2.05, 4.69) is 20.5 Å². The number of nitrogens with zero attached hydrogens (tertiary/aromatic N) is 2. The number of carbonyl (C=O) groups excluding carboxylic acids is 1. The number of rotatable bonds is 3. The number of hydrogen-bond acceptors (Lipinski definition) is 4. The highest BCUT2D eigenvalue weighted by molar-refractivity contribution is 6.06. The fourth-order valence-corrected chi connectivity index (χ4v) is 1.98. The van der Waals surface area contributed by atoms with Gasteiger partial charge < -0.3 is 11.1 Å². The first-order valence-corrected chi connectivity index (χ1v) is 6.49. The molecule has 6 nitrogen and oxygen atoms in total. The minimum Gasteiger partial charge on any atom is -0.395 e. The lowest BCUT2D eigenvalue weighted by Crippen LogP contribution is -2.15. The smallest absolute Gasteiger partial charge is 0.278 e.